The van der Waals surface area contributed by atoms with Crippen molar-refractivity contribution in [3.05, 3.63) is 11.6 Å². The lowest BCUT2D eigenvalue weighted by atomic mass is 9.75. The molecule has 0 bridgehead atoms. The molecule has 0 aromatic heterocycles. The quantitative estimate of drug-likeness (QED) is 0.562. The van der Waals surface area contributed by atoms with Gasteiger partial charge in [0.05, 0.1) is 0 Å². The van der Waals surface area contributed by atoms with Crippen molar-refractivity contribution >= 4 is 0 Å². The highest BCUT2D eigenvalue weighted by atomic mass is 19.3. The van der Waals surface area contributed by atoms with Gasteiger partial charge in [-0.25, -0.2) is 0 Å². The number of aliphatic hydroxyl groups is 1. The lowest BCUT2D eigenvalue weighted by molar-refractivity contribution is -0.177. The summed E-state index contributed by atoms with van der Waals surface area (Å²) in [6.45, 7) is 4.20. The maximum absolute atomic E-state index is 13.3. The third-order valence-electron chi connectivity index (χ3n) is 2.87. The summed E-state index contributed by atoms with van der Waals surface area (Å²) in [4.78, 5) is 0. The van der Waals surface area contributed by atoms with Gasteiger partial charge in [0.1, 0.15) is 5.60 Å². The number of alkyl halides is 2. The monoisotopic (exact) mass is 176 g/mol. The first kappa shape index (κ1) is 9.65. The summed E-state index contributed by atoms with van der Waals surface area (Å²) in [6.07, 6.45) is 2.02. The van der Waals surface area contributed by atoms with Gasteiger partial charge in [-0.15, -0.1) is 0 Å². The van der Waals surface area contributed by atoms with Crippen LogP contribution in [0.15, 0.2) is 11.6 Å². The number of hydrogen-bond donors (Lipinski definition) is 1. The van der Waals surface area contributed by atoms with Crippen LogP contribution in [-0.2, 0) is 0 Å². The molecule has 1 N–H and O–H groups in total. The zero-order valence-corrected chi connectivity index (χ0v) is 7.56. The Morgan fingerprint density at radius 2 is 2.08 bits per heavy atom. The molecule has 0 aromatic rings. The fourth-order valence-electron chi connectivity index (χ4n) is 1.42. The largest absolute Gasteiger partial charge is 0.383 e. The molecule has 1 aliphatic rings. The van der Waals surface area contributed by atoms with Crippen LogP contribution in [0.3, 0.4) is 0 Å². The van der Waals surface area contributed by atoms with Crippen LogP contribution in [0.25, 0.3) is 0 Å². The Balaban J connectivity index is 3.10. The molecular weight excluding hydrogens is 162 g/mol. The van der Waals surface area contributed by atoms with Crippen LogP contribution in [0.2, 0.25) is 0 Å². The lowest BCUT2D eigenvalue weighted by Gasteiger charge is -2.41. The van der Waals surface area contributed by atoms with Crippen LogP contribution in [0.4, 0.5) is 8.78 Å². The molecule has 70 valence electrons. The minimum Gasteiger partial charge on any atom is -0.383 e. The predicted octanol–water partition coefficient (Wildman–Crippen LogP) is 2.36. The van der Waals surface area contributed by atoms with Crippen LogP contribution >= 0.6 is 0 Å². The molecular formula is C9H14F2O. The van der Waals surface area contributed by atoms with Crippen LogP contribution in [-0.4, -0.2) is 16.6 Å². The zero-order chi connectivity index (χ0) is 9.57. The molecule has 0 heterocycles. The first-order chi connectivity index (χ1) is 5.30. The number of rotatable bonds is 0. The Hall–Kier alpha value is -0.440. The second-order valence-electron chi connectivity index (χ2n) is 3.75. The molecule has 0 saturated carbocycles. The van der Waals surface area contributed by atoms with Gasteiger partial charge in [-0.3, -0.25) is 0 Å². The molecule has 0 aliphatic heterocycles. The fourth-order valence-corrected chi connectivity index (χ4v) is 1.42. The van der Waals surface area contributed by atoms with Gasteiger partial charge in [-0.05, 0) is 31.8 Å². The number of halogens is 2. The second kappa shape index (κ2) is 2.52. The van der Waals surface area contributed by atoms with E-state index in [0.29, 0.717) is 6.42 Å². The van der Waals surface area contributed by atoms with E-state index in [1.807, 2.05) is 0 Å². The van der Waals surface area contributed by atoms with Gasteiger partial charge in [0, 0.05) is 0 Å². The van der Waals surface area contributed by atoms with Crippen LogP contribution in [0, 0.1) is 5.92 Å². The van der Waals surface area contributed by atoms with Crippen molar-refractivity contribution in [2.45, 2.75) is 38.7 Å². The smallest absolute Gasteiger partial charge is 0.297 e. The standard InChI is InChI=1S/C9H14F2O/c1-6-4-5-7(2)9(10,11)8(6,3)12/h5-6,12H,4H2,1-3H3. The number of hydrogen-bond acceptors (Lipinski definition) is 1. The van der Waals surface area contributed by atoms with Crippen LogP contribution in [0.1, 0.15) is 27.2 Å². The van der Waals surface area contributed by atoms with Crippen molar-refractivity contribution in [1.29, 1.82) is 0 Å². The summed E-state index contributed by atoms with van der Waals surface area (Å²) >= 11 is 0. The molecule has 1 aliphatic carbocycles. The summed E-state index contributed by atoms with van der Waals surface area (Å²) in [5.41, 5.74) is -1.92. The Morgan fingerprint density at radius 3 is 2.50 bits per heavy atom. The van der Waals surface area contributed by atoms with Crippen molar-refractivity contribution in [3.63, 3.8) is 0 Å². The lowest BCUT2D eigenvalue weighted by Crippen LogP contribution is -2.53. The first-order valence-electron chi connectivity index (χ1n) is 4.07. The highest BCUT2D eigenvalue weighted by Crippen LogP contribution is 2.44. The molecule has 0 fully saturated rings. The third kappa shape index (κ3) is 1.07. The molecule has 0 spiro atoms. The highest BCUT2D eigenvalue weighted by Gasteiger charge is 2.54. The minimum absolute atomic E-state index is 0.0226. The minimum atomic E-state index is -3.08. The summed E-state index contributed by atoms with van der Waals surface area (Å²) < 4.78 is 26.6. The molecule has 1 nitrogen and oxygen atoms in total. The van der Waals surface area contributed by atoms with E-state index in [1.165, 1.54) is 19.9 Å². The van der Waals surface area contributed by atoms with Gasteiger partial charge in [0.25, 0.3) is 5.92 Å². The van der Waals surface area contributed by atoms with Gasteiger partial charge >= 0.3 is 0 Å². The van der Waals surface area contributed by atoms with Crippen LogP contribution in [0.5, 0.6) is 0 Å². The molecule has 2 atom stereocenters. The van der Waals surface area contributed by atoms with E-state index in [9.17, 15) is 13.9 Å². The van der Waals surface area contributed by atoms with Crippen molar-refractivity contribution in [3.8, 4) is 0 Å². The molecule has 0 saturated heterocycles. The van der Waals surface area contributed by atoms with E-state index in [2.05, 4.69) is 0 Å². The van der Waals surface area contributed by atoms with E-state index in [1.54, 1.807) is 6.92 Å². The first-order valence-corrected chi connectivity index (χ1v) is 4.07. The summed E-state index contributed by atoms with van der Waals surface area (Å²) in [5, 5.41) is 9.55. The van der Waals surface area contributed by atoms with Crippen molar-refractivity contribution < 1.29 is 13.9 Å². The molecule has 12 heavy (non-hydrogen) atoms. The van der Waals surface area contributed by atoms with Crippen molar-refractivity contribution in [2.75, 3.05) is 0 Å². The molecule has 0 aromatic carbocycles. The fraction of sp³-hybridized carbons (Fsp3) is 0.778. The SMILES string of the molecule is CC1=CCC(C)C(C)(O)C1(F)F. The van der Waals surface area contributed by atoms with Crippen molar-refractivity contribution in [1.82, 2.24) is 0 Å². The van der Waals surface area contributed by atoms with Gasteiger partial charge in [0.15, 0.2) is 0 Å². The van der Waals surface area contributed by atoms with E-state index in [-0.39, 0.29) is 5.57 Å². The maximum Gasteiger partial charge on any atom is 0.297 e. The zero-order valence-electron chi connectivity index (χ0n) is 7.56. The topological polar surface area (TPSA) is 20.2 Å². The average molecular weight is 176 g/mol. The Bertz CT molecular complexity index is 219. The summed E-state index contributed by atoms with van der Waals surface area (Å²) in [5.74, 6) is -3.47. The van der Waals surface area contributed by atoms with Gasteiger partial charge < -0.3 is 5.11 Å². The third-order valence-corrected chi connectivity index (χ3v) is 2.87. The van der Waals surface area contributed by atoms with E-state index < -0.39 is 17.4 Å². The normalized spacial score (nSPS) is 40.8. The summed E-state index contributed by atoms with van der Waals surface area (Å²) in [6, 6.07) is 0. The molecule has 0 radical (unpaired) electrons. The van der Waals surface area contributed by atoms with E-state index in [4.69, 9.17) is 0 Å². The van der Waals surface area contributed by atoms with E-state index in [0.717, 1.165) is 0 Å². The maximum atomic E-state index is 13.3. The Morgan fingerprint density at radius 1 is 1.58 bits per heavy atom. The molecule has 3 heteroatoms. The second-order valence-corrected chi connectivity index (χ2v) is 3.75. The average Bonchev–Trinajstić information content (AvgIpc) is 1.96. The highest BCUT2D eigenvalue weighted by molar-refractivity contribution is 5.21. The Kier molecular flexibility index (Phi) is 2.03. The summed E-state index contributed by atoms with van der Waals surface area (Å²) in [7, 11) is 0. The van der Waals surface area contributed by atoms with Gasteiger partial charge in [0.2, 0.25) is 0 Å². The molecule has 2 unspecified atom stereocenters. The number of allylic oxidation sites excluding steroid dienone is 1. The molecule has 1 rings (SSSR count). The van der Waals surface area contributed by atoms with E-state index >= 15 is 0 Å². The van der Waals surface area contributed by atoms with Gasteiger partial charge in [-0.1, -0.05) is 13.0 Å². The Labute approximate surface area is 71.1 Å². The molecule has 0 amide bonds. The van der Waals surface area contributed by atoms with Crippen LogP contribution < -0.4 is 0 Å². The van der Waals surface area contributed by atoms with Crippen molar-refractivity contribution in [2.24, 2.45) is 5.92 Å². The van der Waals surface area contributed by atoms with Gasteiger partial charge in [-0.2, -0.15) is 8.78 Å². The predicted molar refractivity (Wildman–Crippen MR) is 43.1 cm³/mol.